The van der Waals surface area contributed by atoms with E-state index in [1.54, 1.807) is 17.8 Å². The molecule has 6 nitrogen and oxygen atoms in total. The average Bonchev–Trinajstić information content (AvgIpc) is 2.40. The number of rotatable bonds is 5. The van der Waals surface area contributed by atoms with Crippen LogP contribution in [0.2, 0.25) is 5.02 Å². The second kappa shape index (κ2) is 7.11. The molecule has 0 saturated carbocycles. The quantitative estimate of drug-likeness (QED) is 0.660. The first kappa shape index (κ1) is 16.1. The molecule has 1 aromatic rings. The Morgan fingerprint density at radius 3 is 3.00 bits per heavy atom. The van der Waals surface area contributed by atoms with Gasteiger partial charge in [0.1, 0.15) is 0 Å². The molecule has 8 heteroatoms. The molecule has 0 aromatic heterocycles. The molecule has 1 saturated heterocycles. The van der Waals surface area contributed by atoms with Gasteiger partial charge in [0.15, 0.2) is 0 Å². The van der Waals surface area contributed by atoms with Gasteiger partial charge < -0.3 is 5.11 Å². The number of nitrogens with zero attached hydrogens (tertiary/aromatic N) is 2. The van der Waals surface area contributed by atoms with Crippen LogP contribution in [-0.2, 0) is 11.3 Å². The fourth-order valence-corrected chi connectivity index (χ4v) is 3.69. The van der Waals surface area contributed by atoms with E-state index in [-0.39, 0.29) is 18.2 Å². The van der Waals surface area contributed by atoms with E-state index in [0.29, 0.717) is 23.7 Å². The molecule has 1 fully saturated rings. The highest BCUT2D eigenvalue weighted by atomic mass is 35.5. The number of nitro groups is 1. The van der Waals surface area contributed by atoms with Crippen LogP contribution in [0.25, 0.3) is 0 Å². The van der Waals surface area contributed by atoms with E-state index in [9.17, 15) is 14.9 Å². The Balaban J connectivity index is 2.20. The first-order valence-electron chi connectivity index (χ1n) is 6.44. The summed E-state index contributed by atoms with van der Waals surface area (Å²) in [5, 5.41) is 20.5. The maximum atomic E-state index is 11.1. The van der Waals surface area contributed by atoms with Crippen LogP contribution < -0.4 is 0 Å². The second-order valence-corrected chi connectivity index (χ2v) is 6.41. The van der Waals surface area contributed by atoms with Gasteiger partial charge in [-0.15, -0.1) is 0 Å². The van der Waals surface area contributed by atoms with Crippen molar-refractivity contribution >= 4 is 35.0 Å². The lowest BCUT2D eigenvalue weighted by Gasteiger charge is -2.34. The molecule has 1 aromatic carbocycles. The zero-order valence-electron chi connectivity index (χ0n) is 11.2. The summed E-state index contributed by atoms with van der Waals surface area (Å²) in [6.07, 6.45) is 0.0430. The summed E-state index contributed by atoms with van der Waals surface area (Å²) in [6, 6.07) is 4.35. The van der Waals surface area contributed by atoms with E-state index in [1.165, 1.54) is 12.1 Å². The third-order valence-corrected chi connectivity index (χ3v) is 4.70. The zero-order chi connectivity index (χ0) is 15.4. The number of hydrogen-bond acceptors (Lipinski definition) is 5. The fourth-order valence-electron chi connectivity index (χ4n) is 2.36. The summed E-state index contributed by atoms with van der Waals surface area (Å²) in [7, 11) is 0. The predicted octanol–water partition coefficient (Wildman–Crippen LogP) is 2.64. The molecule has 0 aliphatic carbocycles. The Hall–Kier alpha value is -1.31. The number of aliphatic carboxylic acids is 1. The van der Waals surface area contributed by atoms with Crippen LogP contribution in [-0.4, -0.2) is 45.0 Å². The zero-order valence-corrected chi connectivity index (χ0v) is 12.8. The van der Waals surface area contributed by atoms with Crippen molar-refractivity contribution in [1.82, 2.24) is 4.90 Å². The maximum absolute atomic E-state index is 11.1. The number of halogens is 1. The van der Waals surface area contributed by atoms with Crippen molar-refractivity contribution < 1.29 is 14.8 Å². The van der Waals surface area contributed by atoms with Crippen molar-refractivity contribution in [1.29, 1.82) is 0 Å². The molecule has 2 rings (SSSR count). The van der Waals surface area contributed by atoms with Gasteiger partial charge in [-0.2, -0.15) is 11.8 Å². The minimum Gasteiger partial charge on any atom is -0.481 e. The lowest BCUT2D eigenvalue weighted by atomic mass is 10.1. The predicted molar refractivity (Wildman–Crippen MR) is 81.9 cm³/mol. The fraction of sp³-hybridized carbons (Fsp3) is 0.462. The van der Waals surface area contributed by atoms with Gasteiger partial charge in [0.05, 0.1) is 11.3 Å². The number of carboxylic acid groups (broad SMARTS) is 1. The summed E-state index contributed by atoms with van der Waals surface area (Å²) in [4.78, 5) is 23.6. The summed E-state index contributed by atoms with van der Waals surface area (Å²) in [5.74, 6) is 0.763. The molecular formula is C13H15ClN2O4S. The van der Waals surface area contributed by atoms with Crippen LogP contribution >= 0.6 is 23.4 Å². The number of hydrogen-bond donors (Lipinski definition) is 1. The molecule has 1 N–H and O–H groups in total. The van der Waals surface area contributed by atoms with Crippen LogP contribution in [0, 0.1) is 10.1 Å². The number of thioether (sulfide) groups is 1. The molecule has 114 valence electrons. The highest BCUT2D eigenvalue weighted by Gasteiger charge is 2.27. The molecule has 0 bridgehead atoms. The Bertz CT molecular complexity index is 555. The van der Waals surface area contributed by atoms with Crippen molar-refractivity contribution in [2.75, 3.05) is 18.1 Å². The van der Waals surface area contributed by atoms with Gasteiger partial charge in [-0.25, -0.2) is 0 Å². The van der Waals surface area contributed by atoms with Gasteiger partial charge >= 0.3 is 5.97 Å². The van der Waals surface area contributed by atoms with Crippen molar-refractivity contribution in [3.05, 3.63) is 38.9 Å². The molecule has 1 aliphatic rings. The van der Waals surface area contributed by atoms with Crippen LogP contribution in [0.5, 0.6) is 0 Å². The smallest absolute Gasteiger partial charge is 0.304 e. The van der Waals surface area contributed by atoms with Gasteiger partial charge in [-0.05, 0) is 12.1 Å². The second-order valence-electron chi connectivity index (χ2n) is 4.83. The molecular weight excluding hydrogens is 316 g/mol. The normalized spacial score (nSPS) is 19.4. The number of benzene rings is 1. The lowest BCUT2D eigenvalue weighted by Crippen LogP contribution is -2.43. The Labute approximate surface area is 131 Å². The van der Waals surface area contributed by atoms with Crippen molar-refractivity contribution in [2.24, 2.45) is 0 Å². The van der Waals surface area contributed by atoms with Gasteiger partial charge in [0.25, 0.3) is 5.69 Å². The van der Waals surface area contributed by atoms with Crippen molar-refractivity contribution in [3.63, 3.8) is 0 Å². The van der Waals surface area contributed by atoms with E-state index >= 15 is 0 Å². The van der Waals surface area contributed by atoms with Gasteiger partial charge in [-0.1, -0.05) is 11.6 Å². The van der Waals surface area contributed by atoms with E-state index < -0.39 is 10.9 Å². The SMILES string of the molecule is O=C(O)CC1CSCCN1Cc1cc(Cl)ccc1[N+](=O)[O-]. The molecule has 21 heavy (non-hydrogen) atoms. The standard InChI is InChI=1S/C13H15ClN2O4S/c14-10-1-2-12(16(19)20)9(5-10)7-15-3-4-21-8-11(15)6-13(17)18/h1-2,5,11H,3-4,6-8H2,(H,17,18). The molecule has 1 heterocycles. The minimum atomic E-state index is -0.854. The Morgan fingerprint density at radius 1 is 1.57 bits per heavy atom. The minimum absolute atomic E-state index is 0.0201. The third kappa shape index (κ3) is 4.33. The first-order chi connectivity index (χ1) is 9.97. The highest BCUT2D eigenvalue weighted by molar-refractivity contribution is 7.99. The average molecular weight is 331 g/mol. The van der Waals surface area contributed by atoms with Gasteiger partial charge in [0.2, 0.25) is 0 Å². The summed E-state index contributed by atoms with van der Waals surface area (Å²) >= 11 is 7.63. The molecule has 1 aliphatic heterocycles. The van der Waals surface area contributed by atoms with Crippen molar-refractivity contribution in [3.8, 4) is 0 Å². The Morgan fingerprint density at radius 2 is 2.33 bits per heavy atom. The summed E-state index contributed by atoms with van der Waals surface area (Å²) < 4.78 is 0. The van der Waals surface area contributed by atoms with E-state index in [0.717, 1.165) is 11.5 Å². The van der Waals surface area contributed by atoms with E-state index in [4.69, 9.17) is 16.7 Å². The van der Waals surface area contributed by atoms with Crippen LogP contribution in [0.4, 0.5) is 5.69 Å². The molecule has 0 amide bonds. The van der Waals surface area contributed by atoms with E-state index in [1.807, 2.05) is 4.90 Å². The van der Waals surface area contributed by atoms with Gasteiger partial charge in [0, 0.05) is 47.3 Å². The van der Waals surface area contributed by atoms with Crippen LogP contribution in [0.1, 0.15) is 12.0 Å². The lowest BCUT2D eigenvalue weighted by molar-refractivity contribution is -0.385. The largest absolute Gasteiger partial charge is 0.481 e. The topological polar surface area (TPSA) is 83.7 Å². The molecule has 0 spiro atoms. The first-order valence-corrected chi connectivity index (χ1v) is 7.97. The maximum Gasteiger partial charge on any atom is 0.304 e. The number of nitro benzene ring substituents is 1. The van der Waals surface area contributed by atoms with Gasteiger partial charge in [-0.3, -0.25) is 19.8 Å². The monoisotopic (exact) mass is 330 g/mol. The molecule has 1 atom stereocenters. The summed E-state index contributed by atoms with van der Waals surface area (Å²) in [6.45, 7) is 1.06. The molecule has 0 radical (unpaired) electrons. The van der Waals surface area contributed by atoms with Crippen LogP contribution in [0.3, 0.4) is 0 Å². The number of carbonyl (C=O) groups is 1. The summed E-state index contributed by atoms with van der Waals surface area (Å²) in [5.41, 5.74) is 0.543. The number of carboxylic acids is 1. The van der Waals surface area contributed by atoms with E-state index in [2.05, 4.69) is 0 Å². The third-order valence-electron chi connectivity index (χ3n) is 3.37. The highest BCUT2D eigenvalue weighted by Crippen LogP contribution is 2.27. The van der Waals surface area contributed by atoms with Crippen molar-refractivity contribution in [2.45, 2.75) is 19.0 Å². The molecule has 1 unspecified atom stereocenters. The van der Waals surface area contributed by atoms with Crippen LogP contribution in [0.15, 0.2) is 18.2 Å². The Kier molecular flexibility index (Phi) is 5.44.